The third-order valence-electron chi connectivity index (χ3n) is 3.27. The maximum Gasteiger partial charge on any atom is 0.0798 e. The molecular weight excluding hydrogens is 240 g/mol. The fourth-order valence-corrected chi connectivity index (χ4v) is 3.05. The van der Waals surface area contributed by atoms with Gasteiger partial charge in [-0.25, -0.2) is 4.98 Å². The van der Waals surface area contributed by atoms with Crippen LogP contribution in [0.1, 0.15) is 47.5 Å². The van der Waals surface area contributed by atoms with Gasteiger partial charge in [-0.3, -0.25) is 0 Å². The van der Waals surface area contributed by atoms with E-state index in [1.165, 1.54) is 16.0 Å². The summed E-state index contributed by atoms with van der Waals surface area (Å²) in [7, 11) is 2.00. The largest absolute Gasteiger partial charge is 0.309 e. The molecule has 0 aliphatic carbocycles. The van der Waals surface area contributed by atoms with Crippen LogP contribution in [0.2, 0.25) is 0 Å². The van der Waals surface area contributed by atoms with Crippen LogP contribution in [-0.2, 0) is 0 Å². The van der Waals surface area contributed by atoms with E-state index in [0.29, 0.717) is 5.92 Å². The van der Waals surface area contributed by atoms with Crippen molar-refractivity contribution in [3.63, 3.8) is 0 Å². The normalized spacial score (nSPS) is 12.9. The summed E-state index contributed by atoms with van der Waals surface area (Å²) in [5.41, 5.74) is 5.72. The molecule has 1 atom stereocenters. The standard InChI is InChI=1S/C15H20N2S/c1-10(2)12-5-7-13(8-6-12)14(16-4)15-11(3)17-9-18-15/h5-10,14,16H,1-4H3. The molecule has 2 nitrogen and oxygen atoms in total. The van der Waals surface area contributed by atoms with Gasteiger partial charge in [0.2, 0.25) is 0 Å². The molecule has 0 radical (unpaired) electrons. The third-order valence-corrected chi connectivity index (χ3v) is 4.27. The second-order valence-corrected chi connectivity index (χ2v) is 5.73. The average molecular weight is 260 g/mol. The van der Waals surface area contributed by atoms with Crippen molar-refractivity contribution in [1.29, 1.82) is 0 Å². The van der Waals surface area contributed by atoms with Crippen LogP contribution in [0.15, 0.2) is 29.8 Å². The van der Waals surface area contributed by atoms with Crippen molar-refractivity contribution in [3.05, 3.63) is 51.5 Å². The molecule has 1 N–H and O–H groups in total. The minimum absolute atomic E-state index is 0.249. The Balaban J connectivity index is 2.31. The maximum atomic E-state index is 4.34. The first-order chi connectivity index (χ1) is 8.63. The quantitative estimate of drug-likeness (QED) is 0.902. The van der Waals surface area contributed by atoms with Crippen molar-refractivity contribution in [2.24, 2.45) is 0 Å². The summed E-state index contributed by atoms with van der Waals surface area (Å²) in [6.45, 7) is 6.51. The van der Waals surface area contributed by atoms with Crippen molar-refractivity contribution in [3.8, 4) is 0 Å². The SMILES string of the molecule is CNC(c1ccc(C(C)C)cc1)c1scnc1C. The molecule has 2 rings (SSSR count). The van der Waals surface area contributed by atoms with E-state index in [4.69, 9.17) is 0 Å². The summed E-state index contributed by atoms with van der Waals surface area (Å²) in [6, 6.07) is 9.13. The van der Waals surface area contributed by atoms with E-state index in [-0.39, 0.29) is 6.04 Å². The zero-order valence-corrected chi connectivity index (χ0v) is 12.2. The number of nitrogens with zero attached hydrogens (tertiary/aromatic N) is 1. The Morgan fingerprint density at radius 2 is 1.72 bits per heavy atom. The number of aryl methyl sites for hydroxylation is 1. The Morgan fingerprint density at radius 3 is 2.17 bits per heavy atom. The Morgan fingerprint density at radius 1 is 1.11 bits per heavy atom. The fraction of sp³-hybridized carbons (Fsp3) is 0.400. The first kappa shape index (κ1) is 13.2. The molecule has 0 amide bonds. The molecule has 0 spiro atoms. The minimum Gasteiger partial charge on any atom is -0.309 e. The molecular formula is C15H20N2S. The lowest BCUT2D eigenvalue weighted by Crippen LogP contribution is -2.17. The predicted octanol–water partition coefficient (Wildman–Crippen LogP) is 3.88. The van der Waals surface area contributed by atoms with E-state index >= 15 is 0 Å². The number of hydrogen-bond donors (Lipinski definition) is 1. The Bertz CT molecular complexity index is 499. The number of thiazole rings is 1. The number of hydrogen-bond acceptors (Lipinski definition) is 3. The molecule has 0 bridgehead atoms. The molecule has 96 valence electrons. The molecule has 0 saturated heterocycles. The predicted molar refractivity (Wildman–Crippen MR) is 78.3 cm³/mol. The summed E-state index contributed by atoms with van der Waals surface area (Å²) in [5, 5.41) is 3.38. The Kier molecular flexibility index (Phi) is 4.15. The van der Waals surface area contributed by atoms with Crippen molar-refractivity contribution >= 4 is 11.3 Å². The highest BCUT2D eigenvalue weighted by atomic mass is 32.1. The van der Waals surface area contributed by atoms with E-state index in [9.17, 15) is 0 Å². The maximum absolute atomic E-state index is 4.34. The summed E-state index contributed by atoms with van der Waals surface area (Å²) in [5.74, 6) is 0.581. The van der Waals surface area contributed by atoms with Gasteiger partial charge in [-0.05, 0) is 31.0 Å². The minimum atomic E-state index is 0.249. The van der Waals surface area contributed by atoms with E-state index in [0.717, 1.165) is 5.69 Å². The Hall–Kier alpha value is -1.19. The van der Waals surface area contributed by atoms with Gasteiger partial charge in [0.1, 0.15) is 0 Å². The highest BCUT2D eigenvalue weighted by Gasteiger charge is 2.16. The van der Waals surface area contributed by atoms with Crippen molar-refractivity contribution in [1.82, 2.24) is 10.3 Å². The molecule has 0 fully saturated rings. The number of rotatable bonds is 4. The molecule has 3 heteroatoms. The lowest BCUT2D eigenvalue weighted by molar-refractivity contribution is 0.696. The van der Waals surface area contributed by atoms with Crippen molar-refractivity contribution in [2.75, 3.05) is 7.05 Å². The second kappa shape index (κ2) is 5.63. The van der Waals surface area contributed by atoms with E-state index in [1.807, 2.05) is 12.6 Å². The average Bonchev–Trinajstić information content (AvgIpc) is 2.78. The molecule has 18 heavy (non-hydrogen) atoms. The van der Waals surface area contributed by atoms with Gasteiger partial charge < -0.3 is 5.32 Å². The number of benzene rings is 1. The van der Waals surface area contributed by atoms with Gasteiger partial charge in [-0.1, -0.05) is 38.1 Å². The summed E-state index contributed by atoms with van der Waals surface area (Å²) >= 11 is 1.71. The van der Waals surface area contributed by atoms with Crippen molar-refractivity contribution < 1.29 is 0 Å². The first-order valence-electron chi connectivity index (χ1n) is 6.30. The van der Waals surface area contributed by atoms with E-state index in [1.54, 1.807) is 11.3 Å². The van der Waals surface area contributed by atoms with Gasteiger partial charge in [0.15, 0.2) is 0 Å². The molecule has 0 aliphatic heterocycles. The summed E-state index contributed by atoms with van der Waals surface area (Å²) in [6.07, 6.45) is 0. The fourth-order valence-electron chi connectivity index (χ4n) is 2.11. The zero-order valence-electron chi connectivity index (χ0n) is 11.4. The van der Waals surface area contributed by atoms with Gasteiger partial charge in [-0.2, -0.15) is 0 Å². The van der Waals surface area contributed by atoms with Gasteiger partial charge in [0, 0.05) is 4.88 Å². The monoisotopic (exact) mass is 260 g/mol. The zero-order chi connectivity index (χ0) is 13.1. The smallest absolute Gasteiger partial charge is 0.0798 e. The molecule has 1 heterocycles. The van der Waals surface area contributed by atoms with Gasteiger partial charge >= 0.3 is 0 Å². The van der Waals surface area contributed by atoms with Crippen LogP contribution in [0, 0.1) is 6.92 Å². The molecule has 0 aliphatic rings. The van der Waals surface area contributed by atoms with Crippen LogP contribution < -0.4 is 5.32 Å². The highest BCUT2D eigenvalue weighted by molar-refractivity contribution is 7.09. The van der Waals surface area contributed by atoms with Gasteiger partial charge in [0.05, 0.1) is 17.2 Å². The lowest BCUT2D eigenvalue weighted by Gasteiger charge is -2.16. The van der Waals surface area contributed by atoms with Crippen LogP contribution in [0.5, 0.6) is 0 Å². The number of aromatic nitrogens is 1. The summed E-state index contributed by atoms with van der Waals surface area (Å²) < 4.78 is 0. The molecule has 1 unspecified atom stereocenters. The van der Waals surface area contributed by atoms with Crippen LogP contribution in [-0.4, -0.2) is 12.0 Å². The van der Waals surface area contributed by atoms with Crippen molar-refractivity contribution in [2.45, 2.75) is 32.7 Å². The topological polar surface area (TPSA) is 24.9 Å². The summed E-state index contributed by atoms with van der Waals surface area (Å²) in [4.78, 5) is 5.64. The highest BCUT2D eigenvalue weighted by Crippen LogP contribution is 2.28. The second-order valence-electron chi connectivity index (χ2n) is 4.85. The number of nitrogens with one attached hydrogen (secondary N) is 1. The van der Waals surface area contributed by atoms with Crippen LogP contribution in [0.4, 0.5) is 0 Å². The van der Waals surface area contributed by atoms with Crippen LogP contribution >= 0.6 is 11.3 Å². The molecule has 1 aromatic carbocycles. The molecule has 0 saturated carbocycles. The lowest BCUT2D eigenvalue weighted by atomic mass is 9.98. The molecule has 1 aromatic heterocycles. The van der Waals surface area contributed by atoms with E-state index in [2.05, 4.69) is 55.3 Å². The molecule has 2 aromatic rings. The van der Waals surface area contributed by atoms with Gasteiger partial charge in [-0.15, -0.1) is 11.3 Å². The first-order valence-corrected chi connectivity index (χ1v) is 7.18. The van der Waals surface area contributed by atoms with Crippen LogP contribution in [0.3, 0.4) is 0 Å². The Labute approximate surface area is 113 Å². The van der Waals surface area contributed by atoms with E-state index < -0.39 is 0 Å². The van der Waals surface area contributed by atoms with Crippen LogP contribution in [0.25, 0.3) is 0 Å². The van der Waals surface area contributed by atoms with Gasteiger partial charge in [0.25, 0.3) is 0 Å². The third kappa shape index (κ3) is 2.62.